The fraction of sp³-hybridized carbons (Fsp3) is 0.750. The van der Waals surface area contributed by atoms with Gasteiger partial charge < -0.3 is 15.3 Å². The van der Waals surface area contributed by atoms with Gasteiger partial charge in [0.2, 0.25) is 0 Å². The van der Waals surface area contributed by atoms with Gasteiger partial charge in [-0.2, -0.15) is 0 Å². The van der Waals surface area contributed by atoms with E-state index in [-0.39, 0.29) is 12.3 Å². The Morgan fingerprint density at radius 3 is 2.08 bits per heavy atom. The van der Waals surface area contributed by atoms with Crippen molar-refractivity contribution in [3.8, 4) is 0 Å². The van der Waals surface area contributed by atoms with Crippen LogP contribution in [0.5, 0.6) is 0 Å². The number of aliphatic hydroxyl groups is 1. The van der Waals surface area contributed by atoms with Crippen molar-refractivity contribution in [1.82, 2.24) is 0 Å². The molecule has 13 heavy (non-hydrogen) atoms. The van der Waals surface area contributed by atoms with Crippen LogP contribution in [0.2, 0.25) is 0 Å². The molecule has 0 aliphatic heterocycles. The van der Waals surface area contributed by atoms with Gasteiger partial charge >= 0.3 is 11.9 Å². The molecule has 5 nitrogen and oxygen atoms in total. The first-order valence-electron chi connectivity index (χ1n) is 4.08. The first-order valence-corrected chi connectivity index (χ1v) is 4.08. The van der Waals surface area contributed by atoms with Crippen LogP contribution in [0.4, 0.5) is 0 Å². The second-order valence-electron chi connectivity index (χ2n) is 3.51. The molecular weight excluding hydrogens is 176 g/mol. The molecule has 0 radical (unpaired) electrons. The molecule has 1 aliphatic rings. The van der Waals surface area contributed by atoms with Gasteiger partial charge in [-0.3, -0.25) is 9.59 Å². The third-order valence-electron chi connectivity index (χ3n) is 2.61. The minimum atomic E-state index is -1.23. The Labute approximate surface area is 75.0 Å². The van der Waals surface area contributed by atoms with Crippen molar-refractivity contribution in [1.29, 1.82) is 0 Å². The maximum Gasteiger partial charge on any atom is 0.310 e. The Kier molecular flexibility index (Phi) is 2.56. The molecule has 4 unspecified atom stereocenters. The molecule has 0 aromatic heterocycles. The highest BCUT2D eigenvalue weighted by molar-refractivity contribution is 5.81. The molecule has 1 aliphatic carbocycles. The van der Waals surface area contributed by atoms with E-state index in [4.69, 9.17) is 10.2 Å². The maximum atomic E-state index is 10.6. The van der Waals surface area contributed by atoms with Crippen molar-refractivity contribution in [2.75, 3.05) is 0 Å². The Balaban J connectivity index is 2.86. The predicted octanol–water partition coefficient (Wildman–Crippen LogP) is -0.211. The molecular formula is C8H12O5. The van der Waals surface area contributed by atoms with Crippen LogP contribution in [-0.4, -0.2) is 33.4 Å². The molecule has 0 saturated heterocycles. The van der Waals surface area contributed by atoms with Crippen molar-refractivity contribution < 1.29 is 24.9 Å². The van der Waals surface area contributed by atoms with Crippen LogP contribution in [0.1, 0.15) is 13.3 Å². The van der Waals surface area contributed by atoms with Crippen molar-refractivity contribution in [2.45, 2.75) is 19.4 Å². The molecule has 3 N–H and O–H groups in total. The summed E-state index contributed by atoms with van der Waals surface area (Å²) in [7, 11) is 0. The Bertz CT molecular complexity index is 237. The van der Waals surface area contributed by atoms with E-state index in [1.807, 2.05) is 0 Å². The number of aliphatic carboxylic acids is 2. The van der Waals surface area contributed by atoms with E-state index in [0.29, 0.717) is 0 Å². The van der Waals surface area contributed by atoms with Crippen LogP contribution in [0, 0.1) is 17.8 Å². The van der Waals surface area contributed by atoms with Crippen LogP contribution < -0.4 is 0 Å². The summed E-state index contributed by atoms with van der Waals surface area (Å²) in [5.74, 6) is -4.75. The summed E-state index contributed by atoms with van der Waals surface area (Å²) < 4.78 is 0. The SMILES string of the molecule is CC1CC(C(=O)O)C(C(=O)O)C1O. The first kappa shape index (κ1) is 9.98. The maximum absolute atomic E-state index is 10.6. The van der Waals surface area contributed by atoms with Crippen molar-refractivity contribution in [3.63, 3.8) is 0 Å². The highest BCUT2D eigenvalue weighted by atomic mass is 16.4. The molecule has 0 amide bonds. The highest BCUT2D eigenvalue weighted by Crippen LogP contribution is 2.36. The first-order chi connectivity index (χ1) is 5.95. The molecule has 1 rings (SSSR count). The van der Waals surface area contributed by atoms with Crippen molar-refractivity contribution >= 4 is 11.9 Å². The molecule has 0 heterocycles. The standard InChI is InChI=1S/C8H12O5/c1-3-2-4(7(10)11)5(6(3)9)8(12)13/h3-6,9H,2H2,1H3,(H,10,11)(H,12,13). The van der Waals surface area contributed by atoms with E-state index >= 15 is 0 Å². The average Bonchev–Trinajstić information content (AvgIpc) is 2.28. The molecule has 0 aromatic carbocycles. The Hall–Kier alpha value is -1.10. The lowest BCUT2D eigenvalue weighted by molar-refractivity contribution is -0.155. The van der Waals surface area contributed by atoms with Gasteiger partial charge in [0.1, 0.15) is 0 Å². The second kappa shape index (κ2) is 3.33. The molecule has 0 aromatic rings. The van der Waals surface area contributed by atoms with E-state index in [1.165, 1.54) is 0 Å². The van der Waals surface area contributed by atoms with Crippen LogP contribution in [-0.2, 0) is 9.59 Å². The summed E-state index contributed by atoms with van der Waals surface area (Å²) >= 11 is 0. The summed E-state index contributed by atoms with van der Waals surface area (Å²) in [6.45, 7) is 1.66. The molecule has 74 valence electrons. The topological polar surface area (TPSA) is 94.8 Å². The normalized spacial score (nSPS) is 38.9. The fourth-order valence-corrected chi connectivity index (χ4v) is 1.85. The summed E-state index contributed by atoms with van der Waals surface area (Å²) in [5.41, 5.74) is 0. The lowest BCUT2D eigenvalue weighted by atomic mass is 9.95. The van der Waals surface area contributed by atoms with Gasteiger partial charge in [-0.25, -0.2) is 0 Å². The number of aliphatic hydroxyl groups excluding tert-OH is 1. The molecule has 4 atom stereocenters. The Morgan fingerprint density at radius 2 is 1.77 bits per heavy atom. The zero-order valence-corrected chi connectivity index (χ0v) is 7.17. The minimum Gasteiger partial charge on any atom is -0.481 e. The van der Waals surface area contributed by atoms with Crippen LogP contribution in [0.15, 0.2) is 0 Å². The highest BCUT2D eigenvalue weighted by Gasteiger charge is 2.48. The number of hydrogen-bond acceptors (Lipinski definition) is 3. The van der Waals surface area contributed by atoms with E-state index in [9.17, 15) is 14.7 Å². The van der Waals surface area contributed by atoms with Crippen LogP contribution in [0.25, 0.3) is 0 Å². The molecule has 1 saturated carbocycles. The third-order valence-corrected chi connectivity index (χ3v) is 2.61. The van der Waals surface area contributed by atoms with Gasteiger partial charge in [0, 0.05) is 0 Å². The number of rotatable bonds is 2. The van der Waals surface area contributed by atoms with Gasteiger partial charge in [-0.1, -0.05) is 6.92 Å². The van der Waals surface area contributed by atoms with Crippen LogP contribution >= 0.6 is 0 Å². The fourth-order valence-electron chi connectivity index (χ4n) is 1.85. The van der Waals surface area contributed by atoms with E-state index < -0.39 is 29.9 Å². The smallest absolute Gasteiger partial charge is 0.310 e. The number of carboxylic acid groups (broad SMARTS) is 2. The van der Waals surface area contributed by atoms with Crippen LogP contribution in [0.3, 0.4) is 0 Å². The zero-order valence-electron chi connectivity index (χ0n) is 7.17. The minimum absolute atomic E-state index is 0.230. The van der Waals surface area contributed by atoms with Crippen molar-refractivity contribution in [3.05, 3.63) is 0 Å². The third kappa shape index (κ3) is 1.65. The van der Waals surface area contributed by atoms with E-state index in [2.05, 4.69) is 0 Å². The second-order valence-corrected chi connectivity index (χ2v) is 3.51. The lowest BCUT2D eigenvalue weighted by Gasteiger charge is -2.14. The molecule has 0 bridgehead atoms. The lowest BCUT2D eigenvalue weighted by Crippen LogP contribution is -2.32. The number of carboxylic acids is 2. The summed E-state index contributed by atoms with van der Waals surface area (Å²) in [6, 6.07) is 0. The van der Waals surface area contributed by atoms with Gasteiger partial charge in [-0.05, 0) is 12.3 Å². The van der Waals surface area contributed by atoms with E-state index in [1.54, 1.807) is 6.92 Å². The quantitative estimate of drug-likeness (QED) is 0.557. The average molecular weight is 188 g/mol. The zero-order chi connectivity index (χ0) is 10.2. The molecule has 0 spiro atoms. The molecule has 1 fully saturated rings. The van der Waals surface area contributed by atoms with Gasteiger partial charge in [-0.15, -0.1) is 0 Å². The summed E-state index contributed by atoms with van der Waals surface area (Å²) in [6.07, 6.45) is -0.813. The van der Waals surface area contributed by atoms with Crippen molar-refractivity contribution in [2.24, 2.45) is 17.8 Å². The van der Waals surface area contributed by atoms with Gasteiger partial charge in [0.05, 0.1) is 17.9 Å². The monoisotopic (exact) mass is 188 g/mol. The Morgan fingerprint density at radius 1 is 1.23 bits per heavy atom. The van der Waals surface area contributed by atoms with Gasteiger partial charge in [0.25, 0.3) is 0 Å². The summed E-state index contributed by atoms with van der Waals surface area (Å²) in [4.78, 5) is 21.3. The van der Waals surface area contributed by atoms with E-state index in [0.717, 1.165) is 0 Å². The number of hydrogen-bond donors (Lipinski definition) is 3. The predicted molar refractivity (Wildman–Crippen MR) is 42.0 cm³/mol. The number of carbonyl (C=O) groups is 2. The largest absolute Gasteiger partial charge is 0.481 e. The summed E-state index contributed by atoms with van der Waals surface area (Å²) in [5, 5.41) is 26.8. The molecule has 5 heteroatoms. The van der Waals surface area contributed by atoms with Gasteiger partial charge in [0.15, 0.2) is 0 Å².